The van der Waals surface area contributed by atoms with Gasteiger partial charge in [-0.25, -0.2) is 0 Å². The first-order valence-electron chi connectivity index (χ1n) is 9.01. The van der Waals surface area contributed by atoms with Gasteiger partial charge in [-0.1, -0.05) is 12.1 Å². The van der Waals surface area contributed by atoms with Gasteiger partial charge in [0.05, 0.1) is 18.1 Å². The number of hydrogen-bond acceptors (Lipinski definition) is 4. The number of nitrogens with zero attached hydrogens (tertiary/aromatic N) is 1. The lowest BCUT2D eigenvalue weighted by Crippen LogP contribution is -2.40. The highest BCUT2D eigenvalue weighted by Gasteiger charge is 2.23. The van der Waals surface area contributed by atoms with Gasteiger partial charge in [0, 0.05) is 35.9 Å². The first-order chi connectivity index (χ1) is 12.7. The van der Waals surface area contributed by atoms with E-state index >= 15 is 0 Å². The number of carbonyl (C=O) groups excluding carboxylic acids is 1. The van der Waals surface area contributed by atoms with Crippen molar-refractivity contribution in [1.29, 1.82) is 0 Å². The predicted octanol–water partition coefficient (Wildman–Crippen LogP) is 4.18. The molecule has 2 heterocycles. The van der Waals surface area contributed by atoms with Crippen LogP contribution in [0.15, 0.2) is 53.3 Å². The van der Waals surface area contributed by atoms with E-state index < -0.39 is 0 Å². The number of furan rings is 1. The molecule has 1 aliphatic rings. The van der Waals surface area contributed by atoms with Gasteiger partial charge in [0.15, 0.2) is 0 Å². The van der Waals surface area contributed by atoms with E-state index in [9.17, 15) is 4.79 Å². The van der Waals surface area contributed by atoms with Crippen molar-refractivity contribution in [2.24, 2.45) is 0 Å². The molecule has 26 heavy (non-hydrogen) atoms. The molecule has 2 aromatic heterocycles. The molecule has 0 bridgehead atoms. The number of nitrogens with one attached hydrogen (secondary N) is 1. The van der Waals surface area contributed by atoms with Crippen LogP contribution >= 0.6 is 0 Å². The Labute approximate surface area is 152 Å². The van der Waals surface area contributed by atoms with Crippen molar-refractivity contribution >= 4 is 16.9 Å². The summed E-state index contributed by atoms with van der Waals surface area (Å²) >= 11 is 0. The SMILES string of the molecule is CO[C@H]1CCC[C@@H](NC(=O)c2ccc(-c3nccc4occc34)cc2)C1. The molecule has 0 aliphatic heterocycles. The van der Waals surface area contributed by atoms with Crippen LogP contribution in [0.4, 0.5) is 0 Å². The van der Waals surface area contributed by atoms with Gasteiger partial charge < -0.3 is 14.5 Å². The average Bonchev–Trinajstić information content (AvgIpc) is 3.17. The number of rotatable bonds is 4. The number of benzene rings is 1. The number of fused-ring (bicyclic) bond motifs is 1. The zero-order chi connectivity index (χ0) is 17.9. The number of pyridine rings is 1. The number of aromatic nitrogens is 1. The Balaban J connectivity index is 1.49. The largest absolute Gasteiger partial charge is 0.464 e. The van der Waals surface area contributed by atoms with E-state index in [1.807, 2.05) is 36.4 Å². The van der Waals surface area contributed by atoms with Crippen LogP contribution in [0.3, 0.4) is 0 Å². The fourth-order valence-electron chi connectivity index (χ4n) is 3.66. The van der Waals surface area contributed by atoms with Crippen LogP contribution in [0.1, 0.15) is 36.0 Å². The van der Waals surface area contributed by atoms with Crippen LogP contribution in [-0.4, -0.2) is 30.1 Å². The van der Waals surface area contributed by atoms with Crippen LogP contribution in [0.25, 0.3) is 22.2 Å². The summed E-state index contributed by atoms with van der Waals surface area (Å²) in [4.78, 5) is 17.0. The zero-order valence-electron chi connectivity index (χ0n) is 14.8. The van der Waals surface area contributed by atoms with Crippen molar-refractivity contribution in [3.63, 3.8) is 0 Å². The number of hydrogen-bond donors (Lipinski definition) is 1. The molecule has 1 saturated carbocycles. The smallest absolute Gasteiger partial charge is 0.251 e. The first-order valence-corrected chi connectivity index (χ1v) is 9.01. The Kier molecular flexibility index (Phi) is 4.71. The Morgan fingerprint density at radius 3 is 2.85 bits per heavy atom. The predicted molar refractivity (Wildman–Crippen MR) is 100.0 cm³/mol. The van der Waals surface area contributed by atoms with Crippen LogP contribution in [-0.2, 0) is 4.74 Å². The molecule has 0 spiro atoms. The molecule has 0 unspecified atom stereocenters. The minimum atomic E-state index is -0.0345. The van der Waals surface area contributed by atoms with Crippen molar-refractivity contribution in [3.05, 3.63) is 54.4 Å². The third-order valence-electron chi connectivity index (χ3n) is 5.10. The zero-order valence-corrected chi connectivity index (χ0v) is 14.8. The highest BCUT2D eigenvalue weighted by Crippen LogP contribution is 2.27. The summed E-state index contributed by atoms with van der Waals surface area (Å²) in [7, 11) is 1.74. The van der Waals surface area contributed by atoms with E-state index in [2.05, 4.69) is 10.3 Å². The number of methoxy groups -OCH3 is 1. The Bertz CT molecular complexity index is 901. The molecule has 4 rings (SSSR count). The molecule has 0 saturated heterocycles. The Morgan fingerprint density at radius 2 is 2.04 bits per heavy atom. The second kappa shape index (κ2) is 7.30. The number of amides is 1. The van der Waals surface area contributed by atoms with Crippen molar-refractivity contribution in [3.8, 4) is 11.3 Å². The molecule has 134 valence electrons. The summed E-state index contributed by atoms with van der Waals surface area (Å²) < 4.78 is 10.9. The summed E-state index contributed by atoms with van der Waals surface area (Å²) in [5.74, 6) is -0.0345. The number of ether oxygens (including phenoxy) is 1. The molecule has 2 atom stereocenters. The lowest BCUT2D eigenvalue weighted by atomic mass is 9.92. The molecule has 1 aliphatic carbocycles. The average molecular weight is 350 g/mol. The van der Waals surface area contributed by atoms with E-state index in [0.717, 1.165) is 47.9 Å². The maximum Gasteiger partial charge on any atom is 0.251 e. The van der Waals surface area contributed by atoms with E-state index in [4.69, 9.17) is 9.15 Å². The van der Waals surface area contributed by atoms with Gasteiger partial charge in [0.2, 0.25) is 0 Å². The van der Waals surface area contributed by atoms with Gasteiger partial charge in [0.25, 0.3) is 5.91 Å². The maximum atomic E-state index is 12.5. The Morgan fingerprint density at radius 1 is 1.19 bits per heavy atom. The maximum absolute atomic E-state index is 12.5. The Hall–Kier alpha value is -2.66. The third-order valence-corrected chi connectivity index (χ3v) is 5.10. The normalized spacial score (nSPS) is 20.2. The molecule has 1 fully saturated rings. The monoisotopic (exact) mass is 350 g/mol. The van der Waals surface area contributed by atoms with Crippen molar-refractivity contribution < 1.29 is 13.9 Å². The summed E-state index contributed by atoms with van der Waals surface area (Å²) in [5, 5.41) is 4.10. The van der Waals surface area contributed by atoms with Gasteiger partial charge in [-0.2, -0.15) is 0 Å². The van der Waals surface area contributed by atoms with Crippen molar-refractivity contribution in [2.45, 2.75) is 37.8 Å². The van der Waals surface area contributed by atoms with Crippen molar-refractivity contribution in [2.75, 3.05) is 7.11 Å². The first kappa shape index (κ1) is 16.8. The molecular weight excluding hydrogens is 328 g/mol. The lowest BCUT2D eigenvalue weighted by Gasteiger charge is -2.28. The molecule has 1 aromatic carbocycles. The highest BCUT2D eigenvalue weighted by molar-refractivity contribution is 5.96. The molecule has 1 amide bonds. The van der Waals surface area contributed by atoms with Crippen LogP contribution in [0, 0.1) is 0 Å². The highest BCUT2D eigenvalue weighted by atomic mass is 16.5. The van der Waals surface area contributed by atoms with Crippen LogP contribution in [0.5, 0.6) is 0 Å². The van der Waals surface area contributed by atoms with E-state index in [1.165, 1.54) is 0 Å². The van der Waals surface area contributed by atoms with Crippen LogP contribution < -0.4 is 5.32 Å². The molecular formula is C21H22N2O3. The van der Waals surface area contributed by atoms with Crippen LogP contribution in [0.2, 0.25) is 0 Å². The summed E-state index contributed by atoms with van der Waals surface area (Å²) in [6.45, 7) is 0. The van der Waals surface area contributed by atoms with Gasteiger partial charge in [-0.3, -0.25) is 9.78 Å². The summed E-state index contributed by atoms with van der Waals surface area (Å²) in [5.41, 5.74) is 3.29. The van der Waals surface area contributed by atoms with Gasteiger partial charge in [-0.05, 0) is 49.9 Å². The van der Waals surface area contributed by atoms with E-state index in [1.54, 1.807) is 19.6 Å². The summed E-state index contributed by atoms with van der Waals surface area (Å²) in [6, 6.07) is 11.5. The van der Waals surface area contributed by atoms with E-state index in [0.29, 0.717) is 5.56 Å². The molecule has 1 N–H and O–H groups in total. The fourth-order valence-corrected chi connectivity index (χ4v) is 3.66. The van der Waals surface area contributed by atoms with Crippen molar-refractivity contribution in [1.82, 2.24) is 10.3 Å². The lowest BCUT2D eigenvalue weighted by molar-refractivity contribution is 0.0563. The van der Waals surface area contributed by atoms with Gasteiger partial charge in [0.1, 0.15) is 5.58 Å². The second-order valence-electron chi connectivity index (χ2n) is 6.76. The molecule has 5 heteroatoms. The minimum absolute atomic E-state index is 0.0345. The number of carbonyl (C=O) groups is 1. The molecule has 3 aromatic rings. The summed E-state index contributed by atoms with van der Waals surface area (Å²) in [6.07, 6.45) is 7.69. The van der Waals surface area contributed by atoms with Gasteiger partial charge in [-0.15, -0.1) is 0 Å². The standard InChI is InChI=1S/C21H22N2O3/c1-25-17-4-2-3-16(13-17)23-21(24)15-7-5-14(6-8-15)20-18-10-12-26-19(18)9-11-22-20/h5-12,16-17H,2-4,13H2,1H3,(H,23,24)/t16-,17+/m1/s1. The molecule has 0 radical (unpaired) electrons. The topological polar surface area (TPSA) is 64.4 Å². The minimum Gasteiger partial charge on any atom is -0.464 e. The van der Waals surface area contributed by atoms with Gasteiger partial charge >= 0.3 is 0 Å². The third kappa shape index (κ3) is 3.35. The van der Waals surface area contributed by atoms with E-state index in [-0.39, 0.29) is 18.1 Å². The fraction of sp³-hybridized carbons (Fsp3) is 0.333. The molecule has 5 nitrogen and oxygen atoms in total. The second-order valence-corrected chi connectivity index (χ2v) is 6.76. The quantitative estimate of drug-likeness (QED) is 0.766.